The summed E-state index contributed by atoms with van der Waals surface area (Å²) in [5, 5.41) is 2.34. The van der Waals surface area contributed by atoms with Crippen LogP contribution in [0.25, 0.3) is 22.6 Å². The number of imidazole rings is 1. The Kier molecular flexibility index (Phi) is 3.95. The largest absolute Gasteiger partial charge is 0.352 e. The second-order valence-corrected chi connectivity index (χ2v) is 7.02. The molecule has 2 amide bonds. The maximum Gasteiger partial charge on any atom is 0.352 e. The van der Waals surface area contributed by atoms with Crippen molar-refractivity contribution in [3.05, 3.63) is 70.5 Å². The summed E-state index contributed by atoms with van der Waals surface area (Å²) in [6, 6.07) is 13.7. The Bertz CT molecular complexity index is 1240. The Morgan fingerprint density at radius 1 is 1.00 bits per heavy atom. The van der Waals surface area contributed by atoms with Gasteiger partial charge < -0.3 is 9.40 Å². The maximum absolute atomic E-state index is 12.6. The van der Waals surface area contributed by atoms with Gasteiger partial charge in [-0.15, -0.1) is 11.3 Å². The van der Waals surface area contributed by atoms with Crippen LogP contribution in [0.4, 0.5) is 0 Å². The SMILES string of the molecule is O=C(Cn1c(-c2cscn2)nc2ccccc21)ON1C(=O)c2ccccc2C1=O. The molecule has 1 aliphatic heterocycles. The fraction of sp³-hybridized carbons (Fsp3) is 0.0500. The zero-order chi connectivity index (χ0) is 20.0. The molecule has 0 bridgehead atoms. The number of para-hydroxylation sites is 2. The molecule has 2 aromatic heterocycles. The van der Waals surface area contributed by atoms with Gasteiger partial charge in [-0.1, -0.05) is 29.3 Å². The summed E-state index contributed by atoms with van der Waals surface area (Å²) in [6.45, 7) is -0.235. The zero-order valence-electron chi connectivity index (χ0n) is 14.8. The second kappa shape index (κ2) is 6.64. The average Bonchev–Trinajstić information content (AvgIpc) is 3.44. The normalized spacial score (nSPS) is 13.2. The van der Waals surface area contributed by atoms with E-state index in [0.717, 1.165) is 5.52 Å². The van der Waals surface area contributed by atoms with Gasteiger partial charge in [-0.3, -0.25) is 9.59 Å². The topological polar surface area (TPSA) is 94.4 Å². The average molecular weight is 404 g/mol. The van der Waals surface area contributed by atoms with Gasteiger partial charge in [-0.05, 0) is 24.3 Å². The maximum atomic E-state index is 12.6. The highest BCUT2D eigenvalue weighted by molar-refractivity contribution is 7.07. The molecule has 8 nitrogen and oxygen atoms in total. The van der Waals surface area contributed by atoms with Gasteiger partial charge in [0.25, 0.3) is 11.8 Å². The van der Waals surface area contributed by atoms with Crippen molar-refractivity contribution >= 4 is 40.2 Å². The summed E-state index contributed by atoms with van der Waals surface area (Å²) in [6.07, 6.45) is 0. The van der Waals surface area contributed by atoms with E-state index < -0.39 is 17.8 Å². The first-order chi connectivity index (χ1) is 14.1. The number of hydroxylamine groups is 2. The predicted octanol–water partition coefficient (Wildman–Crippen LogP) is 2.91. The van der Waals surface area contributed by atoms with Crippen LogP contribution in [0.3, 0.4) is 0 Å². The van der Waals surface area contributed by atoms with Gasteiger partial charge in [-0.25, -0.2) is 14.8 Å². The molecule has 0 spiro atoms. The molecular weight excluding hydrogens is 392 g/mol. The number of carbonyl (C=O) groups excluding carboxylic acids is 3. The number of aromatic nitrogens is 3. The molecule has 1 aliphatic rings. The summed E-state index contributed by atoms with van der Waals surface area (Å²) in [4.78, 5) is 51.4. The minimum absolute atomic E-state index is 0.210. The Balaban J connectivity index is 1.45. The molecule has 0 radical (unpaired) electrons. The minimum Gasteiger partial charge on any atom is -0.328 e. The lowest BCUT2D eigenvalue weighted by molar-refractivity contribution is -0.169. The van der Waals surface area contributed by atoms with Crippen LogP contribution in [0.1, 0.15) is 20.7 Å². The molecule has 0 fully saturated rings. The van der Waals surface area contributed by atoms with E-state index >= 15 is 0 Å². The molecule has 0 atom stereocenters. The summed E-state index contributed by atoms with van der Waals surface area (Å²) < 4.78 is 1.66. The van der Waals surface area contributed by atoms with Gasteiger partial charge in [0.05, 0.1) is 27.7 Å². The van der Waals surface area contributed by atoms with E-state index in [4.69, 9.17) is 4.84 Å². The van der Waals surface area contributed by atoms with Crippen LogP contribution < -0.4 is 0 Å². The highest BCUT2D eigenvalue weighted by atomic mass is 32.1. The fourth-order valence-electron chi connectivity index (χ4n) is 3.26. The van der Waals surface area contributed by atoms with Crippen LogP contribution in [0, 0.1) is 0 Å². The van der Waals surface area contributed by atoms with Crippen molar-refractivity contribution in [2.24, 2.45) is 0 Å². The lowest BCUT2D eigenvalue weighted by Gasteiger charge is -2.14. The van der Waals surface area contributed by atoms with Crippen LogP contribution in [0.5, 0.6) is 0 Å². The second-order valence-electron chi connectivity index (χ2n) is 6.30. The van der Waals surface area contributed by atoms with Crippen LogP contribution in [-0.4, -0.2) is 37.4 Å². The molecular formula is C20H12N4O4S. The summed E-state index contributed by atoms with van der Waals surface area (Å²) in [7, 11) is 0. The van der Waals surface area contributed by atoms with Crippen molar-refractivity contribution in [2.75, 3.05) is 0 Å². The molecule has 0 N–H and O–H groups in total. The van der Waals surface area contributed by atoms with Gasteiger partial charge in [0, 0.05) is 5.38 Å². The first-order valence-corrected chi connectivity index (χ1v) is 9.60. The molecule has 0 unspecified atom stereocenters. The highest BCUT2D eigenvalue weighted by Gasteiger charge is 2.38. The van der Waals surface area contributed by atoms with Crippen molar-refractivity contribution in [2.45, 2.75) is 6.54 Å². The highest BCUT2D eigenvalue weighted by Crippen LogP contribution is 2.26. The predicted molar refractivity (Wildman–Crippen MR) is 104 cm³/mol. The van der Waals surface area contributed by atoms with Crippen molar-refractivity contribution in [1.29, 1.82) is 0 Å². The van der Waals surface area contributed by atoms with Crippen LogP contribution >= 0.6 is 11.3 Å². The Labute approximate surface area is 167 Å². The van der Waals surface area contributed by atoms with Gasteiger partial charge in [0.15, 0.2) is 5.82 Å². The Morgan fingerprint density at radius 3 is 2.38 bits per heavy atom. The van der Waals surface area contributed by atoms with Gasteiger partial charge in [-0.2, -0.15) is 0 Å². The van der Waals surface area contributed by atoms with E-state index in [1.54, 1.807) is 22.2 Å². The number of fused-ring (bicyclic) bond motifs is 2. The monoisotopic (exact) mass is 404 g/mol. The smallest absolute Gasteiger partial charge is 0.328 e. The standard InChI is InChI=1S/C20H12N4O4S/c25-17(28-24-19(26)12-5-1-2-6-13(12)20(24)27)9-23-16-8-4-3-7-14(16)22-18(23)15-10-29-11-21-15/h1-8,10-11H,9H2. The van der Waals surface area contributed by atoms with Crippen LogP contribution in [0.15, 0.2) is 59.4 Å². The third-order valence-electron chi connectivity index (χ3n) is 4.55. The number of thiazole rings is 1. The number of hydrogen-bond acceptors (Lipinski definition) is 7. The molecule has 9 heteroatoms. The molecule has 0 aliphatic carbocycles. The summed E-state index contributed by atoms with van der Waals surface area (Å²) in [5.41, 5.74) is 4.14. The van der Waals surface area contributed by atoms with E-state index in [1.807, 2.05) is 29.6 Å². The van der Waals surface area contributed by atoms with Crippen molar-refractivity contribution in [1.82, 2.24) is 19.6 Å². The quantitative estimate of drug-likeness (QED) is 0.486. The lowest BCUT2D eigenvalue weighted by atomic mass is 10.1. The number of carbonyl (C=O) groups is 3. The molecule has 5 rings (SSSR count). The molecule has 4 aromatic rings. The van der Waals surface area contributed by atoms with Gasteiger partial charge in [0.1, 0.15) is 12.2 Å². The van der Waals surface area contributed by atoms with Crippen molar-refractivity contribution in [3.8, 4) is 11.5 Å². The molecule has 2 aromatic carbocycles. The first kappa shape index (κ1) is 17.3. The Hall–Kier alpha value is -3.85. The molecule has 29 heavy (non-hydrogen) atoms. The van der Waals surface area contributed by atoms with Crippen molar-refractivity contribution < 1.29 is 19.2 Å². The summed E-state index contributed by atoms with van der Waals surface area (Å²) in [5.74, 6) is -1.57. The zero-order valence-corrected chi connectivity index (χ0v) is 15.6. The lowest BCUT2D eigenvalue weighted by Crippen LogP contribution is -2.34. The first-order valence-electron chi connectivity index (χ1n) is 8.66. The number of amides is 2. The fourth-order valence-corrected chi connectivity index (χ4v) is 3.79. The van der Waals surface area contributed by atoms with E-state index in [-0.39, 0.29) is 17.7 Å². The van der Waals surface area contributed by atoms with E-state index in [1.165, 1.54) is 23.5 Å². The third-order valence-corrected chi connectivity index (χ3v) is 5.14. The number of nitrogens with zero attached hydrogens (tertiary/aromatic N) is 4. The molecule has 142 valence electrons. The number of hydrogen-bond donors (Lipinski definition) is 0. The third kappa shape index (κ3) is 2.79. The number of benzene rings is 2. The van der Waals surface area contributed by atoms with Crippen molar-refractivity contribution in [3.63, 3.8) is 0 Å². The Morgan fingerprint density at radius 2 is 1.69 bits per heavy atom. The molecule has 0 saturated carbocycles. The number of imide groups is 1. The van der Waals surface area contributed by atoms with Crippen LogP contribution in [-0.2, 0) is 16.2 Å². The van der Waals surface area contributed by atoms with Crippen LogP contribution in [0.2, 0.25) is 0 Å². The van der Waals surface area contributed by atoms with E-state index in [0.29, 0.717) is 22.1 Å². The van der Waals surface area contributed by atoms with E-state index in [2.05, 4.69) is 9.97 Å². The molecule has 3 heterocycles. The minimum atomic E-state index is -0.765. The van der Waals surface area contributed by atoms with E-state index in [9.17, 15) is 14.4 Å². The van der Waals surface area contributed by atoms with Gasteiger partial charge >= 0.3 is 5.97 Å². The summed E-state index contributed by atoms with van der Waals surface area (Å²) >= 11 is 1.41. The van der Waals surface area contributed by atoms with Gasteiger partial charge in [0.2, 0.25) is 0 Å². The molecule has 0 saturated heterocycles. The number of rotatable bonds is 4.